The van der Waals surface area contributed by atoms with Gasteiger partial charge in [-0.15, -0.1) is 0 Å². The highest BCUT2D eigenvalue weighted by atomic mass is 32.2. The average molecular weight is 245 g/mol. The van der Waals surface area contributed by atoms with Crippen molar-refractivity contribution >= 4 is 11.8 Å². The number of hydrogen-bond acceptors (Lipinski definition) is 3. The summed E-state index contributed by atoms with van der Waals surface area (Å²) in [6, 6.07) is 0. The zero-order valence-corrected chi connectivity index (χ0v) is 11.5. The smallest absolute Gasteiger partial charge is 0.0575 e. The number of ether oxygens (including phenoxy) is 1. The normalized spacial score (nSPS) is 21.2. The van der Waals surface area contributed by atoms with E-state index in [1.807, 2.05) is 11.8 Å². The van der Waals surface area contributed by atoms with E-state index in [1.165, 1.54) is 56.6 Å². The van der Waals surface area contributed by atoms with E-state index in [9.17, 15) is 0 Å². The Morgan fingerprint density at radius 1 is 1.25 bits per heavy atom. The van der Waals surface area contributed by atoms with Gasteiger partial charge in [-0.25, -0.2) is 0 Å². The molecule has 0 aliphatic carbocycles. The first-order chi connectivity index (χ1) is 7.93. The minimum Gasteiger partial charge on any atom is -0.378 e. The van der Waals surface area contributed by atoms with Crippen LogP contribution in [0, 0.1) is 0 Å². The summed E-state index contributed by atoms with van der Waals surface area (Å²) in [5.41, 5.74) is 0. The molecule has 0 spiro atoms. The fourth-order valence-electron chi connectivity index (χ4n) is 2.06. The summed E-state index contributed by atoms with van der Waals surface area (Å²) in [5, 5.41) is 3.51. The first kappa shape index (κ1) is 14.3. The van der Waals surface area contributed by atoms with Gasteiger partial charge in [0.15, 0.2) is 0 Å². The molecule has 1 heterocycles. The van der Waals surface area contributed by atoms with E-state index in [-0.39, 0.29) is 0 Å². The molecule has 0 radical (unpaired) electrons. The Kier molecular flexibility index (Phi) is 9.34. The molecule has 96 valence electrons. The summed E-state index contributed by atoms with van der Waals surface area (Å²) in [7, 11) is 0. The summed E-state index contributed by atoms with van der Waals surface area (Å²) in [6.07, 6.45) is 8.30. The molecule has 1 saturated heterocycles. The second-order valence-electron chi connectivity index (χ2n) is 4.43. The minimum absolute atomic E-state index is 0.561. The van der Waals surface area contributed by atoms with Crippen LogP contribution >= 0.6 is 11.8 Å². The summed E-state index contributed by atoms with van der Waals surface area (Å²) >= 11 is 2.03. The maximum absolute atomic E-state index is 5.71. The first-order valence-electron chi connectivity index (χ1n) is 6.83. The Balaban J connectivity index is 1.77. The van der Waals surface area contributed by atoms with Crippen LogP contribution in [0.5, 0.6) is 0 Å². The molecule has 0 amide bonds. The van der Waals surface area contributed by atoms with E-state index in [0.717, 1.165) is 13.2 Å². The third kappa shape index (κ3) is 7.53. The van der Waals surface area contributed by atoms with Crippen LogP contribution in [0.1, 0.15) is 45.4 Å². The first-order valence-corrected chi connectivity index (χ1v) is 7.99. The maximum atomic E-state index is 5.71. The van der Waals surface area contributed by atoms with Crippen LogP contribution < -0.4 is 5.32 Å². The Morgan fingerprint density at radius 3 is 2.88 bits per heavy atom. The van der Waals surface area contributed by atoms with Gasteiger partial charge in [0, 0.05) is 6.61 Å². The standard InChI is InChI=1S/C13H27NOS/c1-2-16-12-6-10-14-9-5-8-13-7-3-4-11-15-13/h13-14H,2-12H2,1H3. The van der Waals surface area contributed by atoms with Crippen LogP contribution in [-0.2, 0) is 4.74 Å². The molecule has 0 bridgehead atoms. The highest BCUT2D eigenvalue weighted by Crippen LogP contribution is 2.16. The van der Waals surface area contributed by atoms with Crippen LogP contribution in [0.25, 0.3) is 0 Å². The van der Waals surface area contributed by atoms with Gasteiger partial charge in [-0.1, -0.05) is 6.92 Å². The van der Waals surface area contributed by atoms with Crippen molar-refractivity contribution in [2.24, 2.45) is 0 Å². The second-order valence-corrected chi connectivity index (χ2v) is 5.83. The fourth-order valence-corrected chi connectivity index (χ4v) is 2.70. The summed E-state index contributed by atoms with van der Waals surface area (Å²) in [6.45, 7) is 5.56. The predicted molar refractivity (Wildman–Crippen MR) is 73.3 cm³/mol. The quantitative estimate of drug-likeness (QED) is 0.631. The Hall–Kier alpha value is 0.270. The summed E-state index contributed by atoms with van der Waals surface area (Å²) in [4.78, 5) is 0. The second kappa shape index (κ2) is 10.4. The highest BCUT2D eigenvalue weighted by Gasteiger charge is 2.12. The van der Waals surface area contributed by atoms with E-state index in [1.54, 1.807) is 0 Å². The molecule has 1 atom stereocenters. The molecule has 3 heteroatoms. The molecule has 1 N–H and O–H groups in total. The van der Waals surface area contributed by atoms with Crippen molar-refractivity contribution in [3.8, 4) is 0 Å². The van der Waals surface area contributed by atoms with E-state index in [2.05, 4.69) is 12.2 Å². The Morgan fingerprint density at radius 2 is 2.12 bits per heavy atom. The molecule has 1 rings (SSSR count). The van der Waals surface area contributed by atoms with Crippen LogP contribution in [0.2, 0.25) is 0 Å². The zero-order chi connectivity index (χ0) is 11.5. The Labute approximate surface area is 105 Å². The lowest BCUT2D eigenvalue weighted by atomic mass is 10.0. The van der Waals surface area contributed by atoms with E-state index in [4.69, 9.17) is 4.74 Å². The van der Waals surface area contributed by atoms with Crippen molar-refractivity contribution in [1.29, 1.82) is 0 Å². The molecule has 1 unspecified atom stereocenters. The molecule has 0 aromatic rings. The lowest BCUT2D eigenvalue weighted by Gasteiger charge is -2.22. The Bertz CT molecular complexity index is 149. The molecule has 0 aromatic heterocycles. The number of nitrogens with one attached hydrogen (secondary N) is 1. The topological polar surface area (TPSA) is 21.3 Å². The zero-order valence-electron chi connectivity index (χ0n) is 10.7. The number of rotatable bonds is 9. The molecular weight excluding hydrogens is 218 g/mol. The summed E-state index contributed by atoms with van der Waals surface area (Å²) < 4.78 is 5.71. The van der Waals surface area contributed by atoms with Crippen molar-refractivity contribution in [3.63, 3.8) is 0 Å². The van der Waals surface area contributed by atoms with Gasteiger partial charge < -0.3 is 10.1 Å². The third-order valence-electron chi connectivity index (χ3n) is 3.00. The fraction of sp³-hybridized carbons (Fsp3) is 1.00. The molecule has 0 aromatic carbocycles. The van der Waals surface area contributed by atoms with Crippen molar-refractivity contribution in [2.75, 3.05) is 31.2 Å². The van der Waals surface area contributed by atoms with E-state index >= 15 is 0 Å². The maximum Gasteiger partial charge on any atom is 0.0575 e. The lowest BCUT2D eigenvalue weighted by Crippen LogP contribution is -2.22. The molecule has 1 aliphatic heterocycles. The molecule has 1 aliphatic rings. The monoisotopic (exact) mass is 245 g/mol. The van der Waals surface area contributed by atoms with Gasteiger partial charge in [0.25, 0.3) is 0 Å². The SMILES string of the molecule is CCSCCCNCCCC1CCCCO1. The van der Waals surface area contributed by atoms with Crippen molar-refractivity contribution < 1.29 is 4.74 Å². The largest absolute Gasteiger partial charge is 0.378 e. The van der Waals surface area contributed by atoms with Gasteiger partial charge in [-0.2, -0.15) is 11.8 Å². The summed E-state index contributed by atoms with van der Waals surface area (Å²) in [5.74, 6) is 2.55. The van der Waals surface area contributed by atoms with Gasteiger partial charge in [-0.05, 0) is 63.1 Å². The van der Waals surface area contributed by atoms with Crippen molar-refractivity contribution in [1.82, 2.24) is 5.32 Å². The third-order valence-corrected chi connectivity index (χ3v) is 3.99. The van der Waals surface area contributed by atoms with Gasteiger partial charge in [0.1, 0.15) is 0 Å². The van der Waals surface area contributed by atoms with E-state index < -0.39 is 0 Å². The highest BCUT2D eigenvalue weighted by molar-refractivity contribution is 7.99. The predicted octanol–water partition coefficient (Wildman–Crippen LogP) is 3.07. The lowest BCUT2D eigenvalue weighted by molar-refractivity contribution is 0.0102. The molecular formula is C13H27NOS. The average Bonchev–Trinajstić information content (AvgIpc) is 2.34. The molecule has 2 nitrogen and oxygen atoms in total. The van der Waals surface area contributed by atoms with Crippen LogP contribution in [0.3, 0.4) is 0 Å². The van der Waals surface area contributed by atoms with Gasteiger partial charge in [0.2, 0.25) is 0 Å². The van der Waals surface area contributed by atoms with Gasteiger partial charge in [0.05, 0.1) is 6.10 Å². The van der Waals surface area contributed by atoms with Crippen molar-refractivity contribution in [2.45, 2.75) is 51.6 Å². The molecule has 16 heavy (non-hydrogen) atoms. The van der Waals surface area contributed by atoms with Crippen molar-refractivity contribution in [3.05, 3.63) is 0 Å². The van der Waals surface area contributed by atoms with Crippen LogP contribution in [0.4, 0.5) is 0 Å². The minimum atomic E-state index is 0.561. The molecule has 1 fully saturated rings. The molecule has 0 saturated carbocycles. The van der Waals surface area contributed by atoms with Crippen LogP contribution in [0.15, 0.2) is 0 Å². The van der Waals surface area contributed by atoms with Gasteiger partial charge in [-0.3, -0.25) is 0 Å². The van der Waals surface area contributed by atoms with E-state index in [0.29, 0.717) is 6.10 Å². The van der Waals surface area contributed by atoms with Crippen LogP contribution in [-0.4, -0.2) is 37.3 Å². The number of hydrogen-bond donors (Lipinski definition) is 1. The number of thioether (sulfide) groups is 1. The van der Waals surface area contributed by atoms with Gasteiger partial charge >= 0.3 is 0 Å².